The number of halogens is 1. The summed E-state index contributed by atoms with van der Waals surface area (Å²) in [5, 5.41) is 2.48. The quantitative estimate of drug-likeness (QED) is 0.490. The van der Waals surface area contributed by atoms with E-state index in [1.807, 2.05) is 0 Å². The monoisotopic (exact) mass is 513 g/mol. The van der Waals surface area contributed by atoms with Crippen molar-refractivity contribution in [1.82, 2.24) is 9.29 Å². The Hall–Kier alpha value is -2.18. The molecule has 2 aromatic carbocycles. The van der Waals surface area contributed by atoms with Crippen LogP contribution in [-0.2, 0) is 20.0 Å². The maximum Gasteiger partial charge on any atom is 0.263 e. The van der Waals surface area contributed by atoms with E-state index in [9.17, 15) is 16.8 Å². The van der Waals surface area contributed by atoms with Crippen molar-refractivity contribution < 1.29 is 21.6 Å². The van der Waals surface area contributed by atoms with Crippen molar-refractivity contribution >= 4 is 48.1 Å². The molecule has 8 nitrogen and oxygen atoms in total. The molecule has 3 aromatic rings. The van der Waals surface area contributed by atoms with Gasteiger partial charge in [0.1, 0.15) is 12.4 Å². The minimum Gasteiger partial charge on any atom is -0.492 e. The van der Waals surface area contributed by atoms with Crippen molar-refractivity contribution in [1.29, 1.82) is 0 Å². The molecule has 0 spiro atoms. The van der Waals surface area contributed by atoms with Gasteiger partial charge in [0, 0.05) is 23.1 Å². The van der Waals surface area contributed by atoms with E-state index in [-0.39, 0.29) is 27.6 Å². The molecule has 32 heavy (non-hydrogen) atoms. The molecule has 1 atom stereocenters. The summed E-state index contributed by atoms with van der Waals surface area (Å²) in [4.78, 5) is 3.88. The minimum atomic E-state index is -3.86. The fourth-order valence-corrected chi connectivity index (χ4v) is 6.98. The molecule has 0 bridgehead atoms. The number of aromatic nitrogens is 1. The normalized spacial score (nSPS) is 17.3. The predicted molar refractivity (Wildman–Crippen MR) is 123 cm³/mol. The molecule has 0 aliphatic carbocycles. The minimum absolute atomic E-state index is 0.0316. The number of anilines is 1. The maximum absolute atomic E-state index is 13.2. The van der Waals surface area contributed by atoms with Gasteiger partial charge in [-0.05, 0) is 61.4 Å². The lowest BCUT2D eigenvalue weighted by Gasteiger charge is -2.24. The molecule has 1 aromatic heterocycles. The molecule has 1 aliphatic heterocycles. The van der Waals surface area contributed by atoms with Gasteiger partial charge in [-0.2, -0.15) is 4.31 Å². The number of sulfonamides is 2. The van der Waals surface area contributed by atoms with E-state index < -0.39 is 20.0 Å². The second-order valence-corrected chi connectivity index (χ2v) is 12.0. The highest BCUT2D eigenvalue weighted by Crippen LogP contribution is 2.28. The van der Waals surface area contributed by atoms with E-state index in [2.05, 4.69) is 9.71 Å². The lowest BCUT2D eigenvalue weighted by molar-refractivity contribution is 0.232. The van der Waals surface area contributed by atoms with Crippen LogP contribution in [-0.4, -0.2) is 45.3 Å². The molecule has 0 amide bonds. The molecular formula is C20H20ClN3O5S3. The van der Waals surface area contributed by atoms with Gasteiger partial charge in [0.05, 0.1) is 15.8 Å². The Labute approximate surface area is 195 Å². The van der Waals surface area contributed by atoms with Gasteiger partial charge in [-0.3, -0.25) is 4.72 Å². The molecule has 1 saturated heterocycles. The summed E-state index contributed by atoms with van der Waals surface area (Å²) in [7, 11) is -7.66. The smallest absolute Gasteiger partial charge is 0.263 e. The Bertz CT molecular complexity index is 1260. The molecule has 1 aliphatic rings. The number of benzene rings is 2. The summed E-state index contributed by atoms with van der Waals surface area (Å²) >= 11 is 7.03. The molecule has 12 heteroatoms. The number of hydrogen-bond donors (Lipinski definition) is 1. The van der Waals surface area contributed by atoms with Gasteiger partial charge in [0.15, 0.2) is 5.13 Å². The van der Waals surface area contributed by atoms with Crippen molar-refractivity contribution in [2.75, 3.05) is 17.9 Å². The first-order valence-electron chi connectivity index (χ1n) is 9.68. The lowest BCUT2D eigenvalue weighted by atomic mass is 10.2. The molecule has 1 N–H and O–H groups in total. The van der Waals surface area contributed by atoms with E-state index in [1.54, 1.807) is 29.6 Å². The summed E-state index contributed by atoms with van der Waals surface area (Å²) in [6.07, 6.45) is 2.89. The Balaban J connectivity index is 1.47. The van der Waals surface area contributed by atoms with Crippen molar-refractivity contribution in [2.24, 2.45) is 0 Å². The predicted octanol–water partition coefficient (Wildman–Crippen LogP) is 3.83. The Morgan fingerprint density at radius 3 is 2.41 bits per heavy atom. The zero-order valence-electron chi connectivity index (χ0n) is 16.7. The Morgan fingerprint density at radius 1 is 1.06 bits per heavy atom. The van der Waals surface area contributed by atoms with Crippen LogP contribution in [0.25, 0.3) is 0 Å². The average Bonchev–Trinajstić information content (AvgIpc) is 3.45. The standard InChI is InChI=1S/C20H20ClN3O5S3/c21-15-3-5-17(6-4-15)29-14-16-2-1-12-24(16)32(27,28)19-9-7-18(8-10-19)31(25,26)23-20-22-11-13-30-20/h3-11,13,16H,1-2,12,14H2,(H,22,23). The first-order valence-corrected chi connectivity index (χ1v) is 13.9. The Kier molecular flexibility index (Phi) is 6.72. The zero-order valence-corrected chi connectivity index (χ0v) is 19.9. The third-order valence-electron chi connectivity index (χ3n) is 4.97. The fraction of sp³-hybridized carbons (Fsp3) is 0.250. The van der Waals surface area contributed by atoms with Crippen molar-refractivity contribution in [3.8, 4) is 5.75 Å². The van der Waals surface area contributed by atoms with Crippen LogP contribution in [0, 0.1) is 0 Å². The molecule has 170 valence electrons. The number of hydrogen-bond acceptors (Lipinski definition) is 7. The van der Waals surface area contributed by atoms with E-state index in [1.165, 1.54) is 34.8 Å². The van der Waals surface area contributed by atoms with E-state index in [0.717, 1.165) is 17.8 Å². The SMILES string of the molecule is O=S(=O)(Nc1nccs1)c1ccc(S(=O)(=O)N2CCCC2COc2ccc(Cl)cc2)cc1. The average molecular weight is 514 g/mol. The van der Waals surface area contributed by atoms with Crippen LogP contribution in [0.15, 0.2) is 69.9 Å². The van der Waals surface area contributed by atoms with E-state index in [4.69, 9.17) is 16.3 Å². The first-order chi connectivity index (χ1) is 15.3. The number of ether oxygens (including phenoxy) is 1. The highest BCUT2D eigenvalue weighted by Gasteiger charge is 2.36. The highest BCUT2D eigenvalue weighted by molar-refractivity contribution is 7.93. The summed E-state index contributed by atoms with van der Waals surface area (Å²) < 4.78 is 60.9. The van der Waals surface area contributed by atoms with Crippen LogP contribution in [0.2, 0.25) is 5.02 Å². The fourth-order valence-electron chi connectivity index (χ4n) is 3.39. The van der Waals surface area contributed by atoms with Gasteiger partial charge in [-0.1, -0.05) is 11.6 Å². The van der Waals surface area contributed by atoms with Gasteiger partial charge in [0.2, 0.25) is 10.0 Å². The summed E-state index contributed by atoms with van der Waals surface area (Å²) in [5.41, 5.74) is 0. The largest absolute Gasteiger partial charge is 0.492 e. The van der Waals surface area contributed by atoms with Crippen LogP contribution in [0.1, 0.15) is 12.8 Å². The molecule has 1 unspecified atom stereocenters. The summed E-state index contributed by atoms with van der Waals surface area (Å²) in [6.45, 7) is 0.591. The van der Waals surface area contributed by atoms with Gasteiger partial charge < -0.3 is 4.74 Å². The molecule has 2 heterocycles. The molecule has 0 radical (unpaired) electrons. The highest BCUT2D eigenvalue weighted by atomic mass is 35.5. The molecule has 4 rings (SSSR count). The molecular weight excluding hydrogens is 494 g/mol. The number of rotatable bonds is 8. The molecule has 0 saturated carbocycles. The van der Waals surface area contributed by atoms with Crippen LogP contribution < -0.4 is 9.46 Å². The van der Waals surface area contributed by atoms with E-state index >= 15 is 0 Å². The van der Waals surface area contributed by atoms with Crippen molar-refractivity contribution in [3.63, 3.8) is 0 Å². The second kappa shape index (κ2) is 9.36. The molecule has 1 fully saturated rings. The van der Waals surface area contributed by atoms with Crippen LogP contribution in [0.3, 0.4) is 0 Å². The van der Waals surface area contributed by atoms with Crippen LogP contribution in [0.5, 0.6) is 5.75 Å². The number of thiazole rings is 1. The van der Waals surface area contributed by atoms with E-state index in [0.29, 0.717) is 23.7 Å². The first kappa shape index (κ1) is 23.0. The Morgan fingerprint density at radius 2 is 1.75 bits per heavy atom. The van der Waals surface area contributed by atoms with Crippen molar-refractivity contribution in [3.05, 3.63) is 65.1 Å². The van der Waals surface area contributed by atoms with Gasteiger partial charge in [0.25, 0.3) is 10.0 Å². The zero-order chi connectivity index (χ0) is 22.8. The number of nitrogens with one attached hydrogen (secondary N) is 1. The summed E-state index contributed by atoms with van der Waals surface area (Å²) in [6, 6.07) is 11.7. The summed E-state index contributed by atoms with van der Waals surface area (Å²) in [5.74, 6) is 0.612. The van der Waals surface area contributed by atoms with Gasteiger partial charge in [-0.25, -0.2) is 21.8 Å². The third-order valence-corrected chi connectivity index (χ3v) is 9.36. The van der Waals surface area contributed by atoms with Crippen LogP contribution in [0.4, 0.5) is 5.13 Å². The topological polar surface area (TPSA) is 106 Å². The van der Waals surface area contributed by atoms with Gasteiger partial charge >= 0.3 is 0 Å². The maximum atomic E-state index is 13.2. The number of nitrogens with zero attached hydrogens (tertiary/aromatic N) is 2. The van der Waals surface area contributed by atoms with Gasteiger partial charge in [-0.15, -0.1) is 11.3 Å². The second-order valence-electron chi connectivity index (χ2n) is 7.09. The van der Waals surface area contributed by atoms with Crippen molar-refractivity contribution in [2.45, 2.75) is 28.7 Å². The third kappa shape index (κ3) is 5.07. The van der Waals surface area contributed by atoms with Crippen LogP contribution >= 0.6 is 22.9 Å². The lowest BCUT2D eigenvalue weighted by Crippen LogP contribution is -2.39.